The van der Waals surface area contributed by atoms with Crippen LogP contribution in [0.2, 0.25) is 0 Å². The van der Waals surface area contributed by atoms with E-state index in [4.69, 9.17) is 10.5 Å². The van der Waals surface area contributed by atoms with Crippen molar-refractivity contribution in [3.05, 3.63) is 52.3 Å². The van der Waals surface area contributed by atoms with Crippen LogP contribution in [0.4, 0.5) is 15.8 Å². The normalized spacial score (nSPS) is 10.2. The second kappa shape index (κ2) is 5.92. The summed E-state index contributed by atoms with van der Waals surface area (Å²) in [7, 11) is 1.40. The van der Waals surface area contributed by atoms with Crippen molar-refractivity contribution in [3.8, 4) is 5.75 Å². The topological polar surface area (TPSA) is 64.3 Å². The highest BCUT2D eigenvalue weighted by Crippen LogP contribution is 2.26. The van der Waals surface area contributed by atoms with E-state index >= 15 is 0 Å². The predicted octanol–water partition coefficient (Wildman–Crippen LogP) is 3.43. The number of carbonyl (C=O) groups excluding carboxylic acids is 1. The van der Waals surface area contributed by atoms with Crippen molar-refractivity contribution in [3.63, 3.8) is 0 Å². The van der Waals surface area contributed by atoms with Crippen molar-refractivity contribution in [1.29, 1.82) is 0 Å². The van der Waals surface area contributed by atoms with Gasteiger partial charge in [-0.3, -0.25) is 4.79 Å². The summed E-state index contributed by atoms with van der Waals surface area (Å²) < 4.78 is 18.9. The molecule has 3 N–H and O–H groups in total. The molecule has 0 spiro atoms. The van der Waals surface area contributed by atoms with Crippen LogP contribution in [-0.4, -0.2) is 13.0 Å². The number of nitrogens with two attached hydrogens (primary N) is 1. The number of methoxy groups -OCH3 is 1. The zero-order valence-corrected chi connectivity index (χ0v) is 12.2. The average molecular weight is 339 g/mol. The smallest absolute Gasteiger partial charge is 0.257 e. The summed E-state index contributed by atoms with van der Waals surface area (Å²) in [5.74, 6) is -0.595. The van der Waals surface area contributed by atoms with Gasteiger partial charge >= 0.3 is 0 Å². The Kier molecular flexibility index (Phi) is 4.24. The molecule has 2 aromatic rings. The van der Waals surface area contributed by atoms with Crippen molar-refractivity contribution in [2.45, 2.75) is 0 Å². The molecular weight excluding hydrogens is 327 g/mol. The van der Waals surface area contributed by atoms with Gasteiger partial charge in [0.25, 0.3) is 5.91 Å². The van der Waals surface area contributed by atoms with Crippen LogP contribution in [0.25, 0.3) is 0 Å². The van der Waals surface area contributed by atoms with Crippen LogP contribution in [0, 0.1) is 5.82 Å². The number of anilines is 2. The van der Waals surface area contributed by atoms with Crippen molar-refractivity contribution < 1.29 is 13.9 Å². The zero-order valence-electron chi connectivity index (χ0n) is 10.6. The molecule has 0 heterocycles. The molecule has 2 aromatic carbocycles. The van der Waals surface area contributed by atoms with Gasteiger partial charge in [0.1, 0.15) is 11.6 Å². The molecule has 0 unspecified atom stereocenters. The Labute approximate surface area is 123 Å². The monoisotopic (exact) mass is 338 g/mol. The van der Waals surface area contributed by atoms with E-state index in [0.717, 1.165) is 4.47 Å². The summed E-state index contributed by atoms with van der Waals surface area (Å²) in [4.78, 5) is 12.2. The first-order valence-corrected chi connectivity index (χ1v) is 6.50. The summed E-state index contributed by atoms with van der Waals surface area (Å²) in [5, 5.41) is 2.64. The van der Waals surface area contributed by atoms with Gasteiger partial charge in [-0.1, -0.05) is 15.9 Å². The Morgan fingerprint density at radius 2 is 2.05 bits per heavy atom. The largest absolute Gasteiger partial charge is 0.494 e. The standard InChI is InChI=1S/C14H12BrFN2O2/c1-20-13-7-9(16)3-5-12(13)18-14(19)10-6-8(15)2-4-11(10)17/h2-7H,17H2,1H3,(H,18,19). The number of hydrogen-bond acceptors (Lipinski definition) is 3. The van der Waals surface area contributed by atoms with Crippen LogP contribution in [0.3, 0.4) is 0 Å². The lowest BCUT2D eigenvalue weighted by Gasteiger charge is -2.11. The first kappa shape index (κ1) is 14.3. The van der Waals surface area contributed by atoms with E-state index < -0.39 is 11.7 Å². The minimum absolute atomic E-state index is 0.243. The Hall–Kier alpha value is -2.08. The molecule has 104 valence electrons. The van der Waals surface area contributed by atoms with Crippen LogP contribution in [-0.2, 0) is 0 Å². The number of nitrogens with one attached hydrogen (secondary N) is 1. The summed E-state index contributed by atoms with van der Waals surface area (Å²) in [6.07, 6.45) is 0. The Morgan fingerprint density at radius 3 is 2.75 bits per heavy atom. The lowest BCUT2D eigenvalue weighted by molar-refractivity contribution is 0.102. The lowest BCUT2D eigenvalue weighted by Crippen LogP contribution is -2.14. The maximum absolute atomic E-state index is 13.1. The van der Waals surface area contributed by atoms with E-state index in [2.05, 4.69) is 21.2 Å². The first-order chi connectivity index (χ1) is 9.51. The van der Waals surface area contributed by atoms with Gasteiger partial charge in [0.05, 0.1) is 18.4 Å². The molecule has 6 heteroatoms. The van der Waals surface area contributed by atoms with Gasteiger partial charge in [0, 0.05) is 16.2 Å². The minimum Gasteiger partial charge on any atom is -0.494 e. The van der Waals surface area contributed by atoms with Gasteiger partial charge in [-0.15, -0.1) is 0 Å². The highest BCUT2D eigenvalue weighted by atomic mass is 79.9. The van der Waals surface area contributed by atoms with Gasteiger partial charge in [0.15, 0.2) is 0 Å². The average Bonchev–Trinajstić information content (AvgIpc) is 2.43. The highest BCUT2D eigenvalue weighted by Gasteiger charge is 2.13. The molecule has 0 saturated carbocycles. The maximum atomic E-state index is 13.1. The third-order valence-corrected chi connectivity index (χ3v) is 3.16. The van der Waals surface area contributed by atoms with Crippen LogP contribution in [0.15, 0.2) is 40.9 Å². The molecule has 0 bridgehead atoms. The second-order valence-corrected chi connectivity index (χ2v) is 4.95. The highest BCUT2D eigenvalue weighted by molar-refractivity contribution is 9.10. The summed E-state index contributed by atoms with van der Waals surface area (Å²) >= 11 is 3.28. The number of amides is 1. The Morgan fingerprint density at radius 1 is 1.30 bits per heavy atom. The van der Waals surface area contributed by atoms with Crippen LogP contribution >= 0.6 is 15.9 Å². The molecule has 0 fully saturated rings. The Bertz CT molecular complexity index is 662. The molecule has 0 aliphatic carbocycles. The number of ether oxygens (including phenoxy) is 1. The number of rotatable bonds is 3. The molecule has 4 nitrogen and oxygen atoms in total. The molecule has 1 amide bonds. The van der Waals surface area contributed by atoms with Crippen LogP contribution in [0.5, 0.6) is 5.75 Å². The number of benzene rings is 2. The molecule has 20 heavy (non-hydrogen) atoms. The van der Waals surface area contributed by atoms with Crippen LogP contribution in [0.1, 0.15) is 10.4 Å². The fourth-order valence-corrected chi connectivity index (χ4v) is 2.04. The zero-order chi connectivity index (χ0) is 14.7. The fraction of sp³-hybridized carbons (Fsp3) is 0.0714. The number of nitrogen functional groups attached to an aromatic ring is 1. The summed E-state index contributed by atoms with van der Waals surface area (Å²) in [6, 6.07) is 8.84. The van der Waals surface area contributed by atoms with Crippen molar-refractivity contribution in [2.75, 3.05) is 18.2 Å². The molecule has 0 atom stereocenters. The van der Waals surface area contributed by atoms with E-state index in [1.165, 1.54) is 25.3 Å². The van der Waals surface area contributed by atoms with E-state index in [1.807, 2.05) is 0 Å². The summed E-state index contributed by atoms with van der Waals surface area (Å²) in [6.45, 7) is 0. The van der Waals surface area contributed by atoms with Gasteiger partial charge in [-0.05, 0) is 30.3 Å². The fourth-order valence-electron chi connectivity index (χ4n) is 1.68. The van der Waals surface area contributed by atoms with E-state index in [0.29, 0.717) is 16.9 Å². The van der Waals surface area contributed by atoms with E-state index in [-0.39, 0.29) is 5.75 Å². The van der Waals surface area contributed by atoms with Crippen molar-refractivity contribution >= 4 is 33.2 Å². The number of carbonyl (C=O) groups is 1. The predicted molar refractivity (Wildman–Crippen MR) is 79.5 cm³/mol. The third-order valence-electron chi connectivity index (χ3n) is 2.67. The minimum atomic E-state index is -0.443. The first-order valence-electron chi connectivity index (χ1n) is 5.71. The van der Waals surface area contributed by atoms with Gasteiger partial charge in [-0.2, -0.15) is 0 Å². The number of hydrogen-bond donors (Lipinski definition) is 2. The van der Waals surface area contributed by atoms with Crippen molar-refractivity contribution in [1.82, 2.24) is 0 Å². The van der Waals surface area contributed by atoms with Gasteiger partial charge in [-0.25, -0.2) is 4.39 Å². The van der Waals surface area contributed by atoms with Crippen molar-refractivity contribution in [2.24, 2.45) is 0 Å². The van der Waals surface area contributed by atoms with Gasteiger partial charge < -0.3 is 15.8 Å². The third kappa shape index (κ3) is 3.08. The number of halogens is 2. The van der Waals surface area contributed by atoms with E-state index in [9.17, 15) is 9.18 Å². The lowest BCUT2D eigenvalue weighted by atomic mass is 10.1. The molecule has 0 aliphatic heterocycles. The molecule has 2 rings (SSSR count). The molecule has 0 saturated heterocycles. The SMILES string of the molecule is COc1cc(F)ccc1NC(=O)c1cc(Br)ccc1N. The Balaban J connectivity index is 2.30. The maximum Gasteiger partial charge on any atom is 0.257 e. The molecule has 0 radical (unpaired) electrons. The van der Waals surface area contributed by atoms with E-state index in [1.54, 1.807) is 18.2 Å². The molecule has 0 aromatic heterocycles. The van der Waals surface area contributed by atoms with Crippen LogP contribution < -0.4 is 15.8 Å². The second-order valence-electron chi connectivity index (χ2n) is 4.03. The van der Waals surface area contributed by atoms with Gasteiger partial charge in [0.2, 0.25) is 0 Å². The quantitative estimate of drug-likeness (QED) is 0.842. The molecule has 0 aliphatic rings. The molecular formula is C14H12BrFN2O2. The summed E-state index contributed by atoms with van der Waals surface area (Å²) in [5.41, 5.74) is 6.82.